The Morgan fingerprint density at radius 2 is 1.94 bits per heavy atom. The highest BCUT2D eigenvalue weighted by molar-refractivity contribution is 5.87. The van der Waals surface area contributed by atoms with E-state index in [1.165, 1.54) is 0 Å². The lowest BCUT2D eigenvalue weighted by Crippen LogP contribution is -2.35. The van der Waals surface area contributed by atoms with E-state index in [4.69, 9.17) is 10.9 Å². The fourth-order valence-corrected chi connectivity index (χ4v) is 1.28. The molecule has 0 aliphatic rings. The third kappa shape index (κ3) is 3.02. The number of nitrogens with two attached hydrogens (primary N) is 1. The molecular formula is C10H12F3N3O. The average Bonchev–Trinajstić information content (AvgIpc) is 2.31. The number of halogens is 3. The van der Waals surface area contributed by atoms with Crippen molar-refractivity contribution in [1.29, 1.82) is 0 Å². The molecule has 0 amide bonds. The highest BCUT2D eigenvalue weighted by Crippen LogP contribution is 2.19. The van der Waals surface area contributed by atoms with Crippen LogP contribution < -0.4 is 11.1 Å². The van der Waals surface area contributed by atoms with E-state index in [1.54, 1.807) is 6.92 Å². The van der Waals surface area contributed by atoms with Gasteiger partial charge in [0.15, 0.2) is 17.5 Å². The molecule has 0 radical (unpaired) electrons. The fourth-order valence-electron chi connectivity index (χ4n) is 1.28. The van der Waals surface area contributed by atoms with E-state index in [9.17, 15) is 13.2 Å². The summed E-state index contributed by atoms with van der Waals surface area (Å²) in [5, 5.41) is 13.8. The molecule has 1 aromatic rings. The highest BCUT2D eigenvalue weighted by Gasteiger charge is 2.16. The Labute approximate surface area is 95.9 Å². The molecule has 0 spiro atoms. The van der Waals surface area contributed by atoms with Crippen LogP contribution in [0.15, 0.2) is 17.3 Å². The smallest absolute Gasteiger partial charge is 0.161 e. The van der Waals surface area contributed by atoms with Crippen molar-refractivity contribution in [3.8, 4) is 0 Å². The van der Waals surface area contributed by atoms with Gasteiger partial charge >= 0.3 is 0 Å². The van der Waals surface area contributed by atoms with Crippen LogP contribution in [-0.2, 0) is 0 Å². The molecule has 1 unspecified atom stereocenters. The predicted octanol–water partition coefficient (Wildman–Crippen LogP) is 2.04. The molecule has 1 atom stereocenters. The molecule has 0 heterocycles. The van der Waals surface area contributed by atoms with Gasteiger partial charge in [0.1, 0.15) is 5.82 Å². The number of amidine groups is 1. The maximum absolute atomic E-state index is 13.3. The number of benzene rings is 1. The first-order valence-corrected chi connectivity index (χ1v) is 4.88. The molecule has 94 valence electrons. The van der Waals surface area contributed by atoms with Crippen molar-refractivity contribution in [3.05, 3.63) is 29.6 Å². The van der Waals surface area contributed by atoms with Crippen LogP contribution in [0.2, 0.25) is 0 Å². The Morgan fingerprint density at radius 1 is 1.35 bits per heavy atom. The van der Waals surface area contributed by atoms with Crippen molar-refractivity contribution in [1.82, 2.24) is 0 Å². The predicted molar refractivity (Wildman–Crippen MR) is 57.4 cm³/mol. The molecule has 0 bridgehead atoms. The number of oxime groups is 1. The Morgan fingerprint density at radius 3 is 2.47 bits per heavy atom. The number of hydrogen-bond donors (Lipinski definition) is 3. The maximum atomic E-state index is 13.3. The number of rotatable bonds is 4. The lowest BCUT2D eigenvalue weighted by Gasteiger charge is -2.17. The first kappa shape index (κ1) is 13.1. The van der Waals surface area contributed by atoms with E-state index in [-0.39, 0.29) is 11.5 Å². The van der Waals surface area contributed by atoms with Crippen molar-refractivity contribution in [2.75, 3.05) is 5.32 Å². The molecule has 1 aromatic carbocycles. The molecule has 0 aromatic heterocycles. The van der Waals surface area contributed by atoms with E-state index < -0.39 is 23.5 Å². The van der Waals surface area contributed by atoms with Gasteiger partial charge in [-0.15, -0.1) is 0 Å². The summed E-state index contributed by atoms with van der Waals surface area (Å²) in [5.74, 6) is -3.57. The summed E-state index contributed by atoms with van der Waals surface area (Å²) in [7, 11) is 0. The standard InChI is InChI=1S/C10H12F3N3O/c1-2-8(10(14)16-17)15-9-4-6(12)5(11)3-7(9)13/h3-4,8,15,17H,2H2,1H3,(H2,14,16). The minimum absolute atomic E-state index is 0.170. The highest BCUT2D eigenvalue weighted by atomic mass is 19.2. The SMILES string of the molecule is CCC(Nc1cc(F)c(F)cc1F)C(N)=NO. The third-order valence-electron chi connectivity index (χ3n) is 2.22. The minimum Gasteiger partial charge on any atom is -0.409 e. The van der Waals surface area contributed by atoms with Crippen molar-refractivity contribution >= 4 is 11.5 Å². The second-order valence-corrected chi connectivity index (χ2v) is 3.38. The van der Waals surface area contributed by atoms with E-state index in [0.717, 1.165) is 0 Å². The molecule has 4 nitrogen and oxygen atoms in total. The number of hydrogen-bond acceptors (Lipinski definition) is 3. The topological polar surface area (TPSA) is 70.6 Å². The summed E-state index contributed by atoms with van der Waals surface area (Å²) in [6.45, 7) is 1.70. The van der Waals surface area contributed by atoms with Crippen LogP contribution in [0.3, 0.4) is 0 Å². The number of anilines is 1. The first-order valence-electron chi connectivity index (χ1n) is 4.88. The van der Waals surface area contributed by atoms with Gasteiger partial charge in [-0.1, -0.05) is 12.1 Å². The third-order valence-corrected chi connectivity index (χ3v) is 2.22. The van der Waals surface area contributed by atoms with Crippen LogP contribution in [0.4, 0.5) is 18.9 Å². The van der Waals surface area contributed by atoms with Crippen molar-refractivity contribution in [3.63, 3.8) is 0 Å². The van der Waals surface area contributed by atoms with Gasteiger partial charge in [-0.05, 0) is 6.42 Å². The molecule has 17 heavy (non-hydrogen) atoms. The largest absolute Gasteiger partial charge is 0.409 e. The zero-order chi connectivity index (χ0) is 13.0. The normalized spacial score (nSPS) is 13.5. The average molecular weight is 247 g/mol. The van der Waals surface area contributed by atoms with Crippen molar-refractivity contribution in [2.45, 2.75) is 19.4 Å². The van der Waals surface area contributed by atoms with Gasteiger partial charge < -0.3 is 16.3 Å². The lowest BCUT2D eigenvalue weighted by atomic mass is 10.2. The monoisotopic (exact) mass is 247 g/mol. The molecule has 0 fully saturated rings. The zero-order valence-corrected chi connectivity index (χ0v) is 9.04. The van der Waals surface area contributed by atoms with Gasteiger partial charge in [0.2, 0.25) is 0 Å². The quantitative estimate of drug-likeness (QED) is 0.251. The Hall–Kier alpha value is -1.92. The van der Waals surface area contributed by atoms with Gasteiger partial charge in [0, 0.05) is 12.1 Å². The van der Waals surface area contributed by atoms with Gasteiger partial charge in [-0.3, -0.25) is 0 Å². The van der Waals surface area contributed by atoms with Crippen LogP contribution in [0.25, 0.3) is 0 Å². The van der Waals surface area contributed by atoms with Crippen LogP contribution in [-0.4, -0.2) is 17.1 Å². The second-order valence-electron chi connectivity index (χ2n) is 3.38. The Kier molecular flexibility index (Phi) is 4.19. The number of nitrogens with one attached hydrogen (secondary N) is 1. The van der Waals surface area contributed by atoms with E-state index in [1.807, 2.05) is 0 Å². The van der Waals surface area contributed by atoms with Gasteiger partial charge in [-0.2, -0.15) is 0 Å². The van der Waals surface area contributed by atoms with Crippen LogP contribution in [0.5, 0.6) is 0 Å². The van der Waals surface area contributed by atoms with Crippen molar-refractivity contribution in [2.24, 2.45) is 10.9 Å². The summed E-state index contributed by atoms with van der Waals surface area (Å²) in [4.78, 5) is 0. The second kappa shape index (κ2) is 5.42. The minimum atomic E-state index is -1.27. The summed E-state index contributed by atoms with van der Waals surface area (Å²) in [6, 6.07) is 0.439. The molecule has 0 saturated heterocycles. The van der Waals surface area contributed by atoms with Gasteiger partial charge in [-0.25, -0.2) is 13.2 Å². The van der Waals surface area contributed by atoms with Gasteiger partial charge in [0.25, 0.3) is 0 Å². The van der Waals surface area contributed by atoms with Crippen molar-refractivity contribution < 1.29 is 18.4 Å². The molecular weight excluding hydrogens is 235 g/mol. The summed E-state index contributed by atoms with van der Waals surface area (Å²) in [6.07, 6.45) is 0.383. The Bertz CT molecular complexity index is 437. The fraction of sp³-hybridized carbons (Fsp3) is 0.300. The van der Waals surface area contributed by atoms with Crippen LogP contribution in [0.1, 0.15) is 13.3 Å². The van der Waals surface area contributed by atoms with Gasteiger partial charge in [0.05, 0.1) is 11.7 Å². The molecule has 7 heteroatoms. The molecule has 0 aliphatic heterocycles. The zero-order valence-electron chi connectivity index (χ0n) is 9.04. The van der Waals surface area contributed by atoms with E-state index >= 15 is 0 Å². The molecule has 0 saturated carbocycles. The molecule has 0 aliphatic carbocycles. The number of nitrogens with zero attached hydrogens (tertiary/aromatic N) is 1. The summed E-state index contributed by atoms with van der Waals surface area (Å²) < 4.78 is 38.9. The lowest BCUT2D eigenvalue weighted by molar-refractivity contribution is 0.316. The Balaban J connectivity index is 2.98. The first-order chi connectivity index (χ1) is 7.99. The van der Waals surface area contributed by atoms with E-state index in [0.29, 0.717) is 18.6 Å². The summed E-state index contributed by atoms with van der Waals surface area (Å²) >= 11 is 0. The molecule has 1 rings (SSSR count). The van der Waals surface area contributed by atoms with Crippen LogP contribution in [0, 0.1) is 17.5 Å². The van der Waals surface area contributed by atoms with E-state index in [2.05, 4.69) is 10.5 Å². The maximum Gasteiger partial charge on any atom is 0.161 e. The molecule has 4 N–H and O–H groups in total. The summed E-state index contributed by atoms with van der Waals surface area (Å²) in [5.41, 5.74) is 5.09. The van der Waals surface area contributed by atoms with Crippen LogP contribution >= 0.6 is 0 Å².